The van der Waals surface area contributed by atoms with E-state index in [4.69, 9.17) is 5.73 Å². The van der Waals surface area contributed by atoms with Gasteiger partial charge in [-0.05, 0) is 44.7 Å². The van der Waals surface area contributed by atoms with E-state index in [0.29, 0.717) is 6.04 Å². The highest BCUT2D eigenvalue weighted by atomic mass is 15.3. The Kier molecular flexibility index (Phi) is 3.78. The number of hydrogen-bond acceptors (Lipinski definition) is 2. The van der Waals surface area contributed by atoms with Gasteiger partial charge in [0, 0.05) is 6.20 Å². The van der Waals surface area contributed by atoms with Crippen molar-refractivity contribution in [2.45, 2.75) is 51.0 Å². The van der Waals surface area contributed by atoms with Gasteiger partial charge in [0.05, 0.1) is 11.7 Å². The van der Waals surface area contributed by atoms with Crippen LogP contribution in [0.5, 0.6) is 0 Å². The molecule has 84 valence electrons. The summed E-state index contributed by atoms with van der Waals surface area (Å²) in [7, 11) is 0. The van der Waals surface area contributed by atoms with E-state index in [1.807, 2.05) is 0 Å². The van der Waals surface area contributed by atoms with Gasteiger partial charge in [-0.2, -0.15) is 5.10 Å². The summed E-state index contributed by atoms with van der Waals surface area (Å²) in [4.78, 5) is 0. The molecule has 15 heavy (non-hydrogen) atoms. The number of hydrogen-bond donors (Lipinski definition) is 1. The van der Waals surface area contributed by atoms with Crippen LogP contribution < -0.4 is 5.73 Å². The number of aryl methyl sites for hydroxylation is 1. The van der Waals surface area contributed by atoms with Crippen molar-refractivity contribution in [3.8, 4) is 0 Å². The quantitative estimate of drug-likeness (QED) is 0.753. The molecule has 1 aromatic heterocycles. The molecule has 0 unspecified atom stereocenters. The Morgan fingerprint density at radius 2 is 2.13 bits per heavy atom. The lowest BCUT2D eigenvalue weighted by atomic mass is 10.2. The molecule has 3 heteroatoms. The van der Waals surface area contributed by atoms with Gasteiger partial charge in [-0.25, -0.2) is 0 Å². The third-order valence-corrected chi connectivity index (χ3v) is 3.25. The highest BCUT2D eigenvalue weighted by molar-refractivity contribution is 5.00. The molecule has 1 aliphatic carbocycles. The molecule has 0 aromatic carbocycles. The largest absolute Gasteiger partial charge is 0.330 e. The molecular formula is C12H21N3. The lowest BCUT2D eigenvalue weighted by Crippen LogP contribution is -2.06. The van der Waals surface area contributed by atoms with Crippen LogP contribution in [0.2, 0.25) is 0 Å². The van der Waals surface area contributed by atoms with Crippen molar-refractivity contribution < 1.29 is 0 Å². The van der Waals surface area contributed by atoms with Gasteiger partial charge in [-0.15, -0.1) is 0 Å². The van der Waals surface area contributed by atoms with Gasteiger partial charge in [0.2, 0.25) is 0 Å². The van der Waals surface area contributed by atoms with Crippen LogP contribution in [0.1, 0.15) is 50.3 Å². The van der Waals surface area contributed by atoms with Crippen molar-refractivity contribution in [3.63, 3.8) is 0 Å². The number of rotatable bonds is 5. The normalized spacial score (nSPS) is 17.4. The van der Waals surface area contributed by atoms with Crippen molar-refractivity contribution in [1.82, 2.24) is 9.78 Å². The third-order valence-electron chi connectivity index (χ3n) is 3.25. The Morgan fingerprint density at radius 1 is 1.33 bits per heavy atom. The molecule has 2 rings (SSSR count). The molecule has 1 aliphatic rings. The second kappa shape index (κ2) is 5.31. The fourth-order valence-corrected chi connectivity index (χ4v) is 2.33. The van der Waals surface area contributed by atoms with E-state index in [1.54, 1.807) is 0 Å². The Bertz CT molecular complexity index is 287. The molecule has 0 saturated heterocycles. The van der Waals surface area contributed by atoms with Crippen molar-refractivity contribution in [2.24, 2.45) is 5.73 Å². The van der Waals surface area contributed by atoms with Crippen molar-refractivity contribution in [1.29, 1.82) is 0 Å². The van der Waals surface area contributed by atoms with Crippen molar-refractivity contribution >= 4 is 0 Å². The molecule has 1 fully saturated rings. The van der Waals surface area contributed by atoms with Crippen LogP contribution in [-0.4, -0.2) is 16.3 Å². The summed E-state index contributed by atoms with van der Waals surface area (Å²) in [5.41, 5.74) is 6.70. The maximum Gasteiger partial charge on any atom is 0.0624 e. The minimum atomic E-state index is 0.674. The van der Waals surface area contributed by atoms with Gasteiger partial charge in [-0.3, -0.25) is 4.68 Å². The summed E-state index contributed by atoms with van der Waals surface area (Å²) < 4.78 is 2.17. The summed E-state index contributed by atoms with van der Waals surface area (Å²) >= 11 is 0. The first-order chi connectivity index (χ1) is 7.40. The molecule has 0 bridgehead atoms. The van der Waals surface area contributed by atoms with Crippen LogP contribution in [-0.2, 0) is 6.42 Å². The van der Waals surface area contributed by atoms with Crippen LogP contribution in [0.3, 0.4) is 0 Å². The second-order valence-electron chi connectivity index (χ2n) is 4.47. The average molecular weight is 207 g/mol. The number of unbranched alkanes of at least 4 members (excludes halogenated alkanes) is 1. The predicted octanol–water partition coefficient (Wildman–Crippen LogP) is 2.28. The fourth-order valence-electron chi connectivity index (χ4n) is 2.33. The third kappa shape index (κ3) is 2.81. The van der Waals surface area contributed by atoms with Gasteiger partial charge in [0.25, 0.3) is 0 Å². The molecule has 0 amide bonds. The SMILES string of the molecule is NCCCCc1ccn(C2CCCC2)n1. The first kappa shape index (κ1) is 10.7. The van der Waals surface area contributed by atoms with E-state index in [-0.39, 0.29) is 0 Å². The van der Waals surface area contributed by atoms with E-state index in [0.717, 1.165) is 25.8 Å². The molecular weight excluding hydrogens is 186 g/mol. The lowest BCUT2D eigenvalue weighted by Gasteiger charge is -2.08. The van der Waals surface area contributed by atoms with E-state index in [1.165, 1.54) is 31.4 Å². The Hall–Kier alpha value is -0.830. The van der Waals surface area contributed by atoms with E-state index in [2.05, 4.69) is 22.0 Å². The Morgan fingerprint density at radius 3 is 2.87 bits per heavy atom. The highest BCUT2D eigenvalue weighted by Crippen LogP contribution is 2.28. The van der Waals surface area contributed by atoms with Gasteiger partial charge in [0.15, 0.2) is 0 Å². The lowest BCUT2D eigenvalue weighted by molar-refractivity contribution is 0.462. The standard InChI is InChI=1S/C12H21N3/c13-9-4-3-5-11-8-10-15(14-11)12-6-1-2-7-12/h8,10,12H,1-7,9,13H2. The van der Waals surface area contributed by atoms with E-state index >= 15 is 0 Å². The zero-order valence-electron chi connectivity index (χ0n) is 9.36. The Labute approximate surface area is 91.7 Å². The van der Waals surface area contributed by atoms with Crippen LogP contribution in [0.25, 0.3) is 0 Å². The molecule has 0 radical (unpaired) electrons. The summed E-state index contributed by atoms with van der Waals surface area (Å²) in [5, 5.41) is 4.64. The number of nitrogens with two attached hydrogens (primary N) is 1. The predicted molar refractivity (Wildman–Crippen MR) is 61.7 cm³/mol. The Balaban J connectivity index is 1.86. The fraction of sp³-hybridized carbons (Fsp3) is 0.750. The summed E-state index contributed by atoms with van der Waals surface area (Å²) in [6.45, 7) is 0.795. The van der Waals surface area contributed by atoms with Crippen LogP contribution in [0.4, 0.5) is 0 Å². The van der Waals surface area contributed by atoms with E-state index < -0.39 is 0 Å². The van der Waals surface area contributed by atoms with Gasteiger partial charge in [0.1, 0.15) is 0 Å². The summed E-state index contributed by atoms with van der Waals surface area (Å²) in [5.74, 6) is 0. The molecule has 2 N–H and O–H groups in total. The zero-order chi connectivity index (χ0) is 10.5. The smallest absolute Gasteiger partial charge is 0.0624 e. The minimum absolute atomic E-state index is 0.674. The van der Waals surface area contributed by atoms with Gasteiger partial charge < -0.3 is 5.73 Å². The van der Waals surface area contributed by atoms with Crippen molar-refractivity contribution in [3.05, 3.63) is 18.0 Å². The molecule has 1 heterocycles. The zero-order valence-corrected chi connectivity index (χ0v) is 9.36. The minimum Gasteiger partial charge on any atom is -0.330 e. The maximum atomic E-state index is 5.47. The molecule has 0 aliphatic heterocycles. The van der Waals surface area contributed by atoms with Gasteiger partial charge in [-0.1, -0.05) is 12.8 Å². The topological polar surface area (TPSA) is 43.8 Å². The molecule has 0 spiro atoms. The van der Waals surface area contributed by atoms with Crippen molar-refractivity contribution in [2.75, 3.05) is 6.54 Å². The molecule has 0 atom stereocenters. The van der Waals surface area contributed by atoms with Crippen LogP contribution in [0.15, 0.2) is 12.3 Å². The van der Waals surface area contributed by atoms with Crippen LogP contribution >= 0.6 is 0 Å². The number of aromatic nitrogens is 2. The second-order valence-corrected chi connectivity index (χ2v) is 4.47. The molecule has 1 saturated carbocycles. The summed E-state index contributed by atoms with van der Waals surface area (Å²) in [6.07, 6.45) is 10.9. The first-order valence-electron chi connectivity index (χ1n) is 6.14. The molecule has 1 aromatic rings. The first-order valence-corrected chi connectivity index (χ1v) is 6.14. The maximum absolute atomic E-state index is 5.47. The average Bonchev–Trinajstić information content (AvgIpc) is 2.87. The van der Waals surface area contributed by atoms with Crippen LogP contribution in [0, 0.1) is 0 Å². The van der Waals surface area contributed by atoms with E-state index in [9.17, 15) is 0 Å². The molecule has 3 nitrogen and oxygen atoms in total. The summed E-state index contributed by atoms with van der Waals surface area (Å²) in [6, 6.07) is 2.84. The highest BCUT2D eigenvalue weighted by Gasteiger charge is 2.17. The number of nitrogens with zero attached hydrogens (tertiary/aromatic N) is 2. The monoisotopic (exact) mass is 207 g/mol. The van der Waals surface area contributed by atoms with Gasteiger partial charge >= 0.3 is 0 Å².